The first kappa shape index (κ1) is 19.3. The lowest BCUT2D eigenvalue weighted by Gasteiger charge is -2.16. The SMILES string of the molecule is CNC(=O)c1ccc(N[C@H](C)C(=O)Nc2ccc(C(F)(F)F)cc2)cc1. The predicted octanol–water partition coefficient (Wildman–Crippen LogP) is 3.50. The summed E-state index contributed by atoms with van der Waals surface area (Å²) in [5, 5.41) is 8.01. The minimum atomic E-state index is -4.42. The van der Waals surface area contributed by atoms with Gasteiger partial charge in [0.05, 0.1) is 5.56 Å². The number of anilines is 2. The molecule has 138 valence electrons. The molecule has 0 aliphatic carbocycles. The van der Waals surface area contributed by atoms with E-state index in [4.69, 9.17) is 0 Å². The largest absolute Gasteiger partial charge is 0.416 e. The van der Waals surface area contributed by atoms with Gasteiger partial charge in [0, 0.05) is 24.0 Å². The Bertz CT molecular complexity index is 772. The van der Waals surface area contributed by atoms with Crippen molar-refractivity contribution >= 4 is 23.2 Å². The number of halogens is 3. The van der Waals surface area contributed by atoms with Crippen molar-refractivity contribution in [3.63, 3.8) is 0 Å². The summed E-state index contributed by atoms with van der Waals surface area (Å²) in [6, 6.07) is 10.1. The van der Waals surface area contributed by atoms with E-state index in [1.165, 1.54) is 19.2 Å². The molecule has 1 atom stereocenters. The fourth-order valence-corrected chi connectivity index (χ4v) is 2.17. The second kappa shape index (κ2) is 7.90. The van der Waals surface area contributed by atoms with Gasteiger partial charge in [-0.05, 0) is 55.5 Å². The predicted molar refractivity (Wildman–Crippen MR) is 93.0 cm³/mol. The lowest BCUT2D eigenvalue weighted by atomic mass is 10.1. The van der Waals surface area contributed by atoms with Crippen molar-refractivity contribution in [3.05, 3.63) is 59.7 Å². The highest BCUT2D eigenvalue weighted by molar-refractivity contribution is 5.96. The number of alkyl halides is 3. The molecule has 0 radical (unpaired) electrons. The number of carbonyl (C=O) groups excluding carboxylic acids is 2. The topological polar surface area (TPSA) is 70.2 Å². The van der Waals surface area contributed by atoms with Crippen LogP contribution in [0.15, 0.2) is 48.5 Å². The molecule has 2 amide bonds. The van der Waals surface area contributed by atoms with Crippen molar-refractivity contribution in [1.82, 2.24) is 5.32 Å². The molecule has 26 heavy (non-hydrogen) atoms. The first-order valence-electron chi connectivity index (χ1n) is 7.77. The van der Waals surface area contributed by atoms with Crippen molar-refractivity contribution in [2.45, 2.75) is 19.1 Å². The van der Waals surface area contributed by atoms with E-state index in [0.29, 0.717) is 11.3 Å². The van der Waals surface area contributed by atoms with E-state index in [2.05, 4.69) is 16.0 Å². The summed E-state index contributed by atoms with van der Waals surface area (Å²) >= 11 is 0. The molecule has 2 aromatic carbocycles. The van der Waals surface area contributed by atoms with Gasteiger partial charge >= 0.3 is 6.18 Å². The average molecular weight is 365 g/mol. The highest BCUT2D eigenvalue weighted by atomic mass is 19.4. The Morgan fingerprint density at radius 1 is 0.923 bits per heavy atom. The third-order valence-corrected chi connectivity index (χ3v) is 3.63. The van der Waals surface area contributed by atoms with Crippen LogP contribution in [0, 0.1) is 0 Å². The molecular formula is C18H18F3N3O2. The summed E-state index contributed by atoms with van der Waals surface area (Å²) in [5.74, 6) is -0.621. The maximum Gasteiger partial charge on any atom is 0.416 e. The van der Waals surface area contributed by atoms with Crippen molar-refractivity contribution in [2.75, 3.05) is 17.7 Å². The number of rotatable bonds is 5. The molecular weight excluding hydrogens is 347 g/mol. The van der Waals surface area contributed by atoms with E-state index in [0.717, 1.165) is 12.1 Å². The van der Waals surface area contributed by atoms with Gasteiger partial charge in [-0.1, -0.05) is 0 Å². The van der Waals surface area contributed by atoms with Crippen LogP contribution in [0.25, 0.3) is 0 Å². The number of amides is 2. The maximum absolute atomic E-state index is 12.5. The molecule has 0 aliphatic heterocycles. The van der Waals surface area contributed by atoms with Crippen LogP contribution in [0.4, 0.5) is 24.5 Å². The number of benzene rings is 2. The highest BCUT2D eigenvalue weighted by Gasteiger charge is 2.30. The number of carbonyl (C=O) groups is 2. The Balaban J connectivity index is 1.96. The monoisotopic (exact) mass is 365 g/mol. The molecule has 8 heteroatoms. The van der Waals surface area contributed by atoms with Gasteiger partial charge in [-0.3, -0.25) is 9.59 Å². The average Bonchev–Trinajstić information content (AvgIpc) is 2.61. The summed E-state index contributed by atoms with van der Waals surface area (Å²) < 4.78 is 37.6. The zero-order valence-corrected chi connectivity index (χ0v) is 14.1. The van der Waals surface area contributed by atoms with Crippen LogP contribution >= 0.6 is 0 Å². The quantitative estimate of drug-likeness (QED) is 0.760. The van der Waals surface area contributed by atoms with Gasteiger partial charge in [-0.2, -0.15) is 13.2 Å². The standard InChI is InChI=1S/C18H18F3N3O2/c1-11(23-14-7-3-12(4-8-14)17(26)22-2)16(25)24-15-9-5-13(6-10-15)18(19,20)21/h3-11,23H,1-2H3,(H,22,26)(H,24,25)/t11-/m1/s1. The van der Waals surface area contributed by atoms with Crippen molar-refractivity contribution in [3.8, 4) is 0 Å². The Hall–Kier alpha value is -3.03. The molecule has 2 rings (SSSR count). The third kappa shape index (κ3) is 4.98. The fourth-order valence-electron chi connectivity index (χ4n) is 2.17. The molecule has 0 heterocycles. The second-order valence-electron chi connectivity index (χ2n) is 5.59. The zero-order valence-electron chi connectivity index (χ0n) is 14.1. The van der Waals surface area contributed by atoms with Crippen molar-refractivity contribution < 1.29 is 22.8 Å². The van der Waals surface area contributed by atoms with Crippen LogP contribution in [0.2, 0.25) is 0 Å². The van der Waals surface area contributed by atoms with Crippen molar-refractivity contribution in [1.29, 1.82) is 0 Å². The molecule has 0 aliphatic rings. The summed E-state index contributed by atoms with van der Waals surface area (Å²) in [6.45, 7) is 1.62. The summed E-state index contributed by atoms with van der Waals surface area (Å²) in [6.07, 6.45) is -4.42. The van der Waals surface area contributed by atoms with E-state index < -0.39 is 23.7 Å². The minimum Gasteiger partial charge on any atom is -0.374 e. The van der Waals surface area contributed by atoms with Gasteiger partial charge in [-0.25, -0.2) is 0 Å². The number of hydrogen-bond acceptors (Lipinski definition) is 3. The van der Waals surface area contributed by atoms with Gasteiger partial charge in [0.2, 0.25) is 5.91 Å². The Morgan fingerprint density at radius 2 is 1.46 bits per heavy atom. The summed E-state index contributed by atoms with van der Waals surface area (Å²) in [4.78, 5) is 23.6. The molecule has 0 saturated carbocycles. The van der Waals surface area contributed by atoms with Crippen LogP contribution < -0.4 is 16.0 Å². The molecule has 3 N–H and O–H groups in total. The van der Waals surface area contributed by atoms with E-state index in [-0.39, 0.29) is 11.6 Å². The fraction of sp³-hybridized carbons (Fsp3) is 0.222. The van der Waals surface area contributed by atoms with Crippen molar-refractivity contribution in [2.24, 2.45) is 0 Å². The first-order chi connectivity index (χ1) is 12.2. The summed E-state index contributed by atoms with van der Waals surface area (Å²) in [7, 11) is 1.53. The smallest absolute Gasteiger partial charge is 0.374 e. The Kier molecular flexibility index (Phi) is 5.86. The van der Waals surface area contributed by atoms with E-state index in [1.807, 2.05) is 0 Å². The van der Waals surface area contributed by atoms with Gasteiger partial charge in [0.1, 0.15) is 6.04 Å². The molecule has 0 bridgehead atoms. The normalized spacial score (nSPS) is 12.2. The number of nitrogens with one attached hydrogen (secondary N) is 3. The molecule has 0 saturated heterocycles. The van der Waals surface area contributed by atoms with Gasteiger partial charge in [-0.15, -0.1) is 0 Å². The zero-order chi connectivity index (χ0) is 19.3. The third-order valence-electron chi connectivity index (χ3n) is 3.63. The molecule has 5 nitrogen and oxygen atoms in total. The second-order valence-corrected chi connectivity index (χ2v) is 5.59. The van der Waals surface area contributed by atoms with Crippen LogP contribution in [-0.2, 0) is 11.0 Å². The first-order valence-corrected chi connectivity index (χ1v) is 7.77. The minimum absolute atomic E-state index is 0.218. The molecule has 2 aromatic rings. The van der Waals surface area contributed by atoms with Crippen LogP contribution in [0.5, 0.6) is 0 Å². The summed E-state index contributed by atoms with van der Waals surface area (Å²) in [5.41, 5.74) is 0.608. The molecule has 0 aromatic heterocycles. The van der Waals surface area contributed by atoms with E-state index in [9.17, 15) is 22.8 Å². The van der Waals surface area contributed by atoms with E-state index >= 15 is 0 Å². The van der Waals surface area contributed by atoms with E-state index in [1.54, 1.807) is 31.2 Å². The molecule has 0 fully saturated rings. The maximum atomic E-state index is 12.5. The lowest BCUT2D eigenvalue weighted by Crippen LogP contribution is -2.31. The number of hydrogen-bond donors (Lipinski definition) is 3. The van der Waals surface area contributed by atoms with Crippen LogP contribution in [0.3, 0.4) is 0 Å². The van der Waals surface area contributed by atoms with Gasteiger partial charge in [0.25, 0.3) is 5.91 Å². The lowest BCUT2D eigenvalue weighted by molar-refractivity contribution is -0.137. The van der Waals surface area contributed by atoms with Gasteiger partial charge in [0.15, 0.2) is 0 Å². The highest BCUT2D eigenvalue weighted by Crippen LogP contribution is 2.29. The Labute approximate surface area is 148 Å². The molecule has 0 spiro atoms. The Morgan fingerprint density at radius 3 is 1.96 bits per heavy atom. The van der Waals surface area contributed by atoms with Crippen LogP contribution in [0.1, 0.15) is 22.8 Å². The van der Waals surface area contributed by atoms with Crippen LogP contribution in [-0.4, -0.2) is 24.9 Å². The van der Waals surface area contributed by atoms with Gasteiger partial charge < -0.3 is 16.0 Å². The molecule has 0 unspecified atom stereocenters.